The number of rotatable bonds is 20. The molecule has 0 aliphatic heterocycles. The fraction of sp³-hybridized carbons (Fsp3) is 0.871. The summed E-state index contributed by atoms with van der Waals surface area (Å²) in [6, 6.07) is 0. The maximum absolute atomic E-state index is 12.4. The number of carbonyl (C=O) groups is 2. The number of aliphatic carboxylic acids is 1. The maximum Gasteiger partial charge on any atom is 0.306 e. The third kappa shape index (κ3) is 16.9. The highest BCUT2D eigenvalue weighted by molar-refractivity contribution is 5.78. The van der Waals surface area contributed by atoms with E-state index in [0.29, 0.717) is 12.3 Å². The molecule has 0 spiro atoms. The Morgan fingerprint density at radius 3 is 1.94 bits per heavy atom. The Bertz CT molecular complexity index is 595. The van der Waals surface area contributed by atoms with Gasteiger partial charge in [0.1, 0.15) is 6.10 Å². The molecule has 0 aromatic rings. The molecule has 35 heavy (non-hydrogen) atoms. The molecule has 0 N–H and O–H groups in total. The molecule has 1 fully saturated rings. The number of esters is 1. The van der Waals surface area contributed by atoms with Gasteiger partial charge >= 0.3 is 5.97 Å². The van der Waals surface area contributed by atoms with Crippen molar-refractivity contribution in [2.45, 2.75) is 156 Å². The van der Waals surface area contributed by atoms with Gasteiger partial charge in [-0.25, -0.2) is 0 Å². The Hall–Kier alpha value is -1.32. The minimum absolute atomic E-state index is 0.100. The Balaban J connectivity index is 2.08. The highest BCUT2D eigenvalue weighted by Crippen LogP contribution is 2.39. The Morgan fingerprint density at radius 1 is 0.886 bits per heavy atom. The van der Waals surface area contributed by atoms with Gasteiger partial charge in [-0.3, -0.25) is 4.79 Å². The van der Waals surface area contributed by atoms with Gasteiger partial charge in [0.2, 0.25) is 0 Å². The molecule has 3 unspecified atom stereocenters. The fourth-order valence-corrected chi connectivity index (χ4v) is 5.70. The maximum atomic E-state index is 12.4. The van der Waals surface area contributed by atoms with E-state index in [-0.39, 0.29) is 17.9 Å². The normalized spacial score (nSPS) is 20.7. The van der Waals surface area contributed by atoms with Crippen LogP contribution in [0.2, 0.25) is 0 Å². The van der Waals surface area contributed by atoms with E-state index in [1.807, 2.05) is 6.08 Å². The number of carboxylic acid groups (broad SMARTS) is 1. The van der Waals surface area contributed by atoms with Crippen LogP contribution in [0.4, 0.5) is 0 Å². The molecule has 1 aliphatic rings. The molecule has 1 saturated carbocycles. The predicted molar refractivity (Wildman–Crippen MR) is 144 cm³/mol. The van der Waals surface area contributed by atoms with Crippen molar-refractivity contribution in [1.82, 2.24) is 0 Å². The molecular weight excluding hydrogens is 436 g/mol. The van der Waals surface area contributed by atoms with Crippen LogP contribution in [0.25, 0.3) is 0 Å². The molecule has 1 aliphatic carbocycles. The summed E-state index contributed by atoms with van der Waals surface area (Å²) in [4.78, 5) is 23.9. The number of carbonyl (C=O) groups excluding carboxylic acids is 2. The third-order valence-corrected chi connectivity index (χ3v) is 7.45. The lowest BCUT2D eigenvalue weighted by Crippen LogP contribution is -2.36. The van der Waals surface area contributed by atoms with E-state index >= 15 is 0 Å². The van der Waals surface area contributed by atoms with Crippen LogP contribution in [0.15, 0.2) is 12.2 Å². The SMILES string of the molecule is CCCCCCCCCCCCCCCC=CCC(CC(=O)OC1CC(C)CC(C)(C)C1)C(=O)[O-]. The molecule has 0 radical (unpaired) electrons. The zero-order chi connectivity index (χ0) is 25.9. The minimum Gasteiger partial charge on any atom is -0.550 e. The highest BCUT2D eigenvalue weighted by atomic mass is 16.5. The quantitative estimate of drug-likeness (QED) is 0.0985. The Morgan fingerprint density at radius 2 is 1.43 bits per heavy atom. The summed E-state index contributed by atoms with van der Waals surface area (Å²) < 4.78 is 5.66. The van der Waals surface area contributed by atoms with Crippen LogP contribution >= 0.6 is 0 Å². The lowest BCUT2D eigenvalue weighted by molar-refractivity contribution is -0.311. The second-order valence-corrected chi connectivity index (χ2v) is 12.0. The van der Waals surface area contributed by atoms with Crippen molar-refractivity contribution >= 4 is 11.9 Å². The lowest BCUT2D eigenvalue weighted by Gasteiger charge is -2.38. The Kier molecular flexibility index (Phi) is 17.1. The van der Waals surface area contributed by atoms with E-state index in [0.717, 1.165) is 32.1 Å². The van der Waals surface area contributed by atoms with Crippen molar-refractivity contribution in [2.75, 3.05) is 0 Å². The molecule has 0 aromatic carbocycles. The number of unbranched alkanes of at least 4 members (excludes halogenated alkanes) is 13. The van der Waals surface area contributed by atoms with Crippen molar-refractivity contribution in [3.8, 4) is 0 Å². The van der Waals surface area contributed by atoms with Gasteiger partial charge in [-0.1, -0.05) is 117 Å². The van der Waals surface area contributed by atoms with Crippen molar-refractivity contribution < 1.29 is 19.4 Å². The van der Waals surface area contributed by atoms with Gasteiger partial charge in [0.25, 0.3) is 0 Å². The Labute approximate surface area is 216 Å². The monoisotopic (exact) mass is 491 g/mol. The van der Waals surface area contributed by atoms with E-state index in [1.165, 1.54) is 77.0 Å². The number of ether oxygens (including phenoxy) is 1. The summed E-state index contributed by atoms with van der Waals surface area (Å²) in [5.41, 5.74) is 0.159. The van der Waals surface area contributed by atoms with Crippen LogP contribution in [0, 0.1) is 17.3 Å². The van der Waals surface area contributed by atoms with Crippen LogP contribution in [0.3, 0.4) is 0 Å². The van der Waals surface area contributed by atoms with Gasteiger partial charge in [-0.05, 0) is 49.9 Å². The van der Waals surface area contributed by atoms with Gasteiger partial charge in [0.05, 0.1) is 6.42 Å². The standard InChI is InChI=1S/C31H56O4/c1-5-6-7-8-9-10-11-12-13-14-15-16-17-18-19-20-21-27(30(33)34)23-29(32)35-28-22-26(2)24-31(3,4)25-28/h19-20,26-28H,5-18,21-25H2,1-4H3,(H,33,34)/p-1. The molecule has 0 saturated heterocycles. The van der Waals surface area contributed by atoms with Gasteiger partial charge < -0.3 is 14.6 Å². The smallest absolute Gasteiger partial charge is 0.306 e. The molecule has 3 atom stereocenters. The highest BCUT2D eigenvalue weighted by Gasteiger charge is 2.34. The largest absolute Gasteiger partial charge is 0.550 e. The molecule has 204 valence electrons. The van der Waals surface area contributed by atoms with E-state index in [4.69, 9.17) is 4.74 Å². The summed E-state index contributed by atoms with van der Waals surface area (Å²) in [6.45, 7) is 8.86. The van der Waals surface area contributed by atoms with Crippen LogP contribution < -0.4 is 5.11 Å². The lowest BCUT2D eigenvalue weighted by atomic mass is 9.71. The van der Waals surface area contributed by atoms with Gasteiger partial charge in [-0.2, -0.15) is 0 Å². The third-order valence-electron chi connectivity index (χ3n) is 7.45. The molecular formula is C31H55O4-. The van der Waals surface area contributed by atoms with Crippen molar-refractivity contribution in [3.05, 3.63) is 12.2 Å². The van der Waals surface area contributed by atoms with Crippen LogP contribution in [0.1, 0.15) is 150 Å². The average molecular weight is 492 g/mol. The van der Waals surface area contributed by atoms with Crippen molar-refractivity contribution in [2.24, 2.45) is 17.3 Å². The first-order valence-corrected chi connectivity index (χ1v) is 14.8. The summed E-state index contributed by atoms with van der Waals surface area (Å²) in [5, 5.41) is 11.5. The summed E-state index contributed by atoms with van der Waals surface area (Å²) in [6.07, 6.45) is 25.3. The molecule has 4 nitrogen and oxygen atoms in total. The zero-order valence-electron chi connectivity index (χ0n) is 23.5. The van der Waals surface area contributed by atoms with E-state index in [9.17, 15) is 14.7 Å². The van der Waals surface area contributed by atoms with Gasteiger partial charge in [0, 0.05) is 11.9 Å². The summed E-state index contributed by atoms with van der Waals surface area (Å²) >= 11 is 0. The van der Waals surface area contributed by atoms with Crippen LogP contribution in [-0.2, 0) is 14.3 Å². The fourth-order valence-electron chi connectivity index (χ4n) is 5.70. The van der Waals surface area contributed by atoms with Gasteiger partial charge in [0.15, 0.2) is 0 Å². The molecule has 0 amide bonds. The van der Waals surface area contributed by atoms with Crippen molar-refractivity contribution in [1.29, 1.82) is 0 Å². The topological polar surface area (TPSA) is 66.4 Å². The predicted octanol–water partition coefficient (Wildman–Crippen LogP) is 7.93. The number of hydrogen-bond acceptors (Lipinski definition) is 4. The summed E-state index contributed by atoms with van der Waals surface area (Å²) in [5.74, 6) is -1.86. The summed E-state index contributed by atoms with van der Waals surface area (Å²) in [7, 11) is 0. The molecule has 0 aromatic heterocycles. The minimum atomic E-state index is -1.16. The zero-order valence-corrected chi connectivity index (χ0v) is 23.5. The molecule has 0 heterocycles. The molecule has 4 heteroatoms. The first kappa shape index (κ1) is 31.7. The number of carboxylic acids is 1. The molecule has 1 rings (SSSR count). The van der Waals surface area contributed by atoms with Crippen molar-refractivity contribution in [3.63, 3.8) is 0 Å². The van der Waals surface area contributed by atoms with E-state index in [1.54, 1.807) is 0 Å². The average Bonchev–Trinajstić information content (AvgIpc) is 2.76. The van der Waals surface area contributed by atoms with E-state index < -0.39 is 17.9 Å². The molecule has 0 bridgehead atoms. The second-order valence-electron chi connectivity index (χ2n) is 12.0. The van der Waals surface area contributed by atoms with Gasteiger partial charge in [-0.15, -0.1) is 0 Å². The second kappa shape index (κ2) is 18.9. The number of hydrogen-bond donors (Lipinski definition) is 0. The number of allylic oxidation sites excluding steroid dienone is 2. The van der Waals surface area contributed by atoms with Crippen LogP contribution in [0.5, 0.6) is 0 Å². The van der Waals surface area contributed by atoms with Crippen LogP contribution in [-0.4, -0.2) is 18.0 Å². The van der Waals surface area contributed by atoms with E-state index in [2.05, 4.69) is 33.8 Å². The first-order chi connectivity index (χ1) is 16.7. The first-order valence-electron chi connectivity index (χ1n) is 14.8.